The summed E-state index contributed by atoms with van der Waals surface area (Å²) in [4.78, 5) is 18.5. The van der Waals surface area contributed by atoms with Gasteiger partial charge in [0.2, 0.25) is 0 Å². The summed E-state index contributed by atoms with van der Waals surface area (Å²) in [6.45, 7) is 20.1. The summed E-state index contributed by atoms with van der Waals surface area (Å²) >= 11 is 0. The van der Waals surface area contributed by atoms with Gasteiger partial charge in [0.15, 0.2) is 5.65 Å². The number of aromatic nitrogens is 5. The Kier molecular flexibility index (Phi) is 5.63. The van der Waals surface area contributed by atoms with Crippen LogP contribution in [0.25, 0.3) is 27.9 Å². The van der Waals surface area contributed by atoms with Crippen LogP contribution in [0.5, 0.6) is 0 Å². The molecule has 5 rings (SSSR count). The van der Waals surface area contributed by atoms with Crippen molar-refractivity contribution < 1.29 is 0 Å². The van der Waals surface area contributed by atoms with E-state index >= 15 is 0 Å². The second-order valence-electron chi connectivity index (χ2n) is 10.6. The van der Waals surface area contributed by atoms with Crippen LogP contribution in [0.3, 0.4) is 0 Å². The zero-order valence-corrected chi connectivity index (χ0v) is 21.7. The molecule has 5 heterocycles. The fraction of sp³-hybridized carbons (Fsp3) is 0.519. The predicted octanol–water partition coefficient (Wildman–Crippen LogP) is 5.32. The van der Waals surface area contributed by atoms with Crippen LogP contribution < -0.4 is 4.90 Å². The van der Waals surface area contributed by atoms with E-state index in [1.54, 1.807) is 6.33 Å². The highest BCUT2D eigenvalue weighted by molar-refractivity contribution is 5.90. The monoisotopic (exact) mass is 459 g/mol. The van der Waals surface area contributed by atoms with Crippen molar-refractivity contribution in [2.75, 3.05) is 18.0 Å². The molecule has 4 aromatic rings. The molecule has 34 heavy (non-hydrogen) atoms. The maximum Gasteiger partial charge on any atom is 0.158 e. The summed E-state index contributed by atoms with van der Waals surface area (Å²) in [5.41, 5.74) is 9.01. The molecule has 180 valence electrons. The fourth-order valence-electron chi connectivity index (χ4n) is 5.66. The van der Waals surface area contributed by atoms with Crippen LogP contribution in [0.4, 0.5) is 5.82 Å². The number of fused-ring (bicyclic) bond motifs is 2. The Labute approximate surface area is 202 Å². The number of piperazine rings is 1. The largest absolute Gasteiger partial charge is 0.353 e. The van der Waals surface area contributed by atoms with Crippen molar-refractivity contribution in [2.45, 2.75) is 79.4 Å². The first kappa shape index (κ1) is 22.8. The third-order valence-electron chi connectivity index (χ3n) is 7.63. The lowest BCUT2D eigenvalue weighted by Crippen LogP contribution is -2.58. The van der Waals surface area contributed by atoms with Crippen LogP contribution in [0, 0.1) is 13.8 Å². The van der Waals surface area contributed by atoms with E-state index in [9.17, 15) is 0 Å². The number of hydrogen-bond donors (Lipinski definition) is 1. The topological polar surface area (TPSA) is 65.4 Å². The van der Waals surface area contributed by atoms with Crippen LogP contribution in [0.1, 0.15) is 64.2 Å². The van der Waals surface area contributed by atoms with Crippen molar-refractivity contribution >= 4 is 22.5 Å². The second kappa shape index (κ2) is 8.38. The smallest absolute Gasteiger partial charge is 0.158 e. The van der Waals surface area contributed by atoms with Gasteiger partial charge >= 0.3 is 0 Å². The quantitative estimate of drug-likeness (QED) is 0.447. The maximum atomic E-state index is 5.27. The molecule has 0 aliphatic carbocycles. The van der Waals surface area contributed by atoms with Crippen molar-refractivity contribution in [3.63, 3.8) is 0 Å². The number of H-pyrrole nitrogens is 1. The maximum absolute atomic E-state index is 5.27. The number of hydrogen-bond acceptors (Lipinski definition) is 5. The number of anilines is 1. The van der Waals surface area contributed by atoms with E-state index < -0.39 is 0 Å². The van der Waals surface area contributed by atoms with Gasteiger partial charge in [-0.25, -0.2) is 14.5 Å². The van der Waals surface area contributed by atoms with Crippen molar-refractivity contribution in [3.05, 3.63) is 41.3 Å². The standard InChI is InChI=1S/C27H37N7/c1-15(2)24-25(21-13-34-27(28-14-29-34)20(8)19(21)7)30-22-9-10-23(31-26(22)24)33-12-17(5)32(16(3)4)11-18(33)6/h9-10,13-18,30H,11-12H2,1-8H3/t17-,18+/m0/s1. The molecule has 0 aromatic carbocycles. The summed E-state index contributed by atoms with van der Waals surface area (Å²) < 4.78 is 1.88. The first-order valence-electron chi connectivity index (χ1n) is 12.5. The zero-order valence-electron chi connectivity index (χ0n) is 21.7. The van der Waals surface area contributed by atoms with Gasteiger partial charge < -0.3 is 9.88 Å². The Hall–Kier alpha value is -2.93. The highest BCUT2D eigenvalue weighted by atomic mass is 15.3. The van der Waals surface area contributed by atoms with E-state index in [-0.39, 0.29) is 0 Å². The van der Waals surface area contributed by atoms with Crippen molar-refractivity contribution in [1.29, 1.82) is 0 Å². The molecule has 7 nitrogen and oxygen atoms in total. The lowest BCUT2D eigenvalue weighted by Gasteiger charge is -2.46. The first-order valence-corrected chi connectivity index (χ1v) is 12.5. The van der Waals surface area contributed by atoms with Gasteiger partial charge in [-0.15, -0.1) is 0 Å². The van der Waals surface area contributed by atoms with Crippen molar-refractivity contribution in [2.24, 2.45) is 0 Å². The molecule has 0 saturated carbocycles. The Morgan fingerprint density at radius 2 is 1.76 bits per heavy atom. The van der Waals surface area contributed by atoms with Crippen molar-refractivity contribution in [3.8, 4) is 11.3 Å². The molecule has 0 unspecified atom stereocenters. The van der Waals surface area contributed by atoms with Crippen molar-refractivity contribution in [1.82, 2.24) is 29.5 Å². The van der Waals surface area contributed by atoms with Gasteiger partial charge in [0.1, 0.15) is 12.1 Å². The summed E-state index contributed by atoms with van der Waals surface area (Å²) in [6.07, 6.45) is 3.71. The highest BCUT2D eigenvalue weighted by Crippen LogP contribution is 2.38. The molecule has 0 spiro atoms. The number of pyridine rings is 2. The van der Waals surface area contributed by atoms with Gasteiger partial charge in [0.05, 0.1) is 16.7 Å². The lowest BCUT2D eigenvalue weighted by molar-refractivity contribution is 0.128. The average Bonchev–Trinajstić information content (AvgIpc) is 3.41. The first-order chi connectivity index (χ1) is 16.2. The summed E-state index contributed by atoms with van der Waals surface area (Å²) in [6, 6.07) is 5.86. The Morgan fingerprint density at radius 1 is 1.00 bits per heavy atom. The molecule has 0 bridgehead atoms. The molecule has 2 atom stereocenters. The van der Waals surface area contributed by atoms with E-state index in [0.29, 0.717) is 24.0 Å². The lowest BCUT2D eigenvalue weighted by atomic mass is 9.95. The van der Waals surface area contributed by atoms with Crippen LogP contribution >= 0.6 is 0 Å². The molecular formula is C27H37N7. The third kappa shape index (κ3) is 3.57. The fourth-order valence-corrected chi connectivity index (χ4v) is 5.66. The zero-order chi connectivity index (χ0) is 24.3. The minimum Gasteiger partial charge on any atom is -0.353 e. The van der Waals surface area contributed by atoms with Gasteiger partial charge in [0, 0.05) is 48.5 Å². The van der Waals surface area contributed by atoms with Gasteiger partial charge in [0.25, 0.3) is 0 Å². The molecule has 0 radical (unpaired) electrons. The molecule has 7 heteroatoms. The molecule has 1 aliphatic rings. The minimum absolute atomic E-state index is 0.326. The number of nitrogens with one attached hydrogen (secondary N) is 1. The number of aromatic amines is 1. The predicted molar refractivity (Wildman–Crippen MR) is 140 cm³/mol. The van der Waals surface area contributed by atoms with Gasteiger partial charge in [-0.05, 0) is 70.7 Å². The summed E-state index contributed by atoms with van der Waals surface area (Å²) in [5.74, 6) is 1.40. The van der Waals surface area contributed by atoms with Gasteiger partial charge in [-0.1, -0.05) is 13.8 Å². The normalized spacial score (nSPS) is 19.9. The Bertz CT molecular complexity index is 1350. The number of nitrogens with zero attached hydrogens (tertiary/aromatic N) is 6. The molecule has 1 fully saturated rings. The van der Waals surface area contributed by atoms with Crippen LogP contribution in [-0.4, -0.2) is 60.7 Å². The van der Waals surface area contributed by atoms with Crippen LogP contribution in [0.2, 0.25) is 0 Å². The molecule has 1 aliphatic heterocycles. The number of rotatable bonds is 4. The van der Waals surface area contributed by atoms with E-state index in [1.807, 2.05) is 4.52 Å². The van der Waals surface area contributed by atoms with Gasteiger partial charge in [-0.2, -0.15) is 5.10 Å². The molecule has 0 amide bonds. The van der Waals surface area contributed by atoms with Crippen LogP contribution in [0.15, 0.2) is 24.7 Å². The molecule has 1 N–H and O–H groups in total. The summed E-state index contributed by atoms with van der Waals surface area (Å²) in [5, 5.41) is 4.41. The second-order valence-corrected chi connectivity index (χ2v) is 10.6. The van der Waals surface area contributed by atoms with E-state index in [1.165, 1.54) is 11.1 Å². The van der Waals surface area contributed by atoms with E-state index in [0.717, 1.165) is 52.4 Å². The van der Waals surface area contributed by atoms with Crippen LogP contribution in [-0.2, 0) is 0 Å². The number of aryl methyl sites for hydroxylation is 1. The SMILES string of the molecule is Cc1c(-c2[nH]c3ccc(N4C[C@H](C)N(C(C)C)C[C@H]4C)nc3c2C(C)C)cn2ncnc2c1C. The minimum atomic E-state index is 0.326. The van der Waals surface area contributed by atoms with E-state index in [4.69, 9.17) is 4.98 Å². The average molecular weight is 460 g/mol. The highest BCUT2D eigenvalue weighted by Gasteiger charge is 2.31. The molecular weight excluding hydrogens is 422 g/mol. The third-order valence-corrected chi connectivity index (χ3v) is 7.63. The Morgan fingerprint density at radius 3 is 2.47 bits per heavy atom. The molecule has 1 saturated heterocycles. The van der Waals surface area contributed by atoms with E-state index in [2.05, 4.69) is 98.6 Å². The Balaban J connectivity index is 1.62. The molecule has 4 aromatic heterocycles. The summed E-state index contributed by atoms with van der Waals surface area (Å²) in [7, 11) is 0. The van der Waals surface area contributed by atoms with Gasteiger partial charge in [-0.3, -0.25) is 4.90 Å².